The number of nitrogen functional groups attached to an aromatic ring is 1. The first kappa shape index (κ1) is 37.7. The van der Waals surface area contributed by atoms with Crippen LogP contribution in [-0.2, 0) is 20.2 Å². The van der Waals surface area contributed by atoms with Gasteiger partial charge in [0.1, 0.15) is 28.0 Å². The number of amides is 1. The molecule has 11 nitrogen and oxygen atoms in total. The van der Waals surface area contributed by atoms with Gasteiger partial charge in [-0.2, -0.15) is 0 Å². The number of ether oxygens (including phenoxy) is 2. The summed E-state index contributed by atoms with van der Waals surface area (Å²) in [5.41, 5.74) is 3.79. The molecule has 0 atom stereocenters. The summed E-state index contributed by atoms with van der Waals surface area (Å²) >= 11 is 6.09. The Morgan fingerprint density at radius 3 is 2.29 bits per heavy atom. The van der Waals surface area contributed by atoms with Crippen LogP contribution in [0.3, 0.4) is 0 Å². The van der Waals surface area contributed by atoms with Gasteiger partial charge in [0.2, 0.25) is 0 Å². The zero-order valence-corrected chi connectivity index (χ0v) is 29.7. The van der Waals surface area contributed by atoms with Crippen molar-refractivity contribution >= 4 is 37.6 Å². The lowest BCUT2D eigenvalue weighted by atomic mass is 10.1. The summed E-state index contributed by atoms with van der Waals surface area (Å²) < 4.78 is 60.0. The van der Waals surface area contributed by atoms with Crippen LogP contribution >= 0.6 is 20.2 Å². The lowest BCUT2D eigenvalue weighted by molar-refractivity contribution is 0.0304. The van der Waals surface area contributed by atoms with E-state index in [4.69, 9.17) is 40.4 Å². The average Bonchev–Trinajstić information content (AvgIpc) is 2.99. The third-order valence-electron chi connectivity index (χ3n) is 6.20. The van der Waals surface area contributed by atoms with Gasteiger partial charge in [-0.25, -0.2) is 13.8 Å². The minimum Gasteiger partial charge on any atom is -0.493 e. The maximum atomic E-state index is 15.0. The molecule has 0 radical (unpaired) electrons. The van der Waals surface area contributed by atoms with Gasteiger partial charge >= 0.3 is 8.60 Å². The molecule has 0 unspecified atom stereocenters. The summed E-state index contributed by atoms with van der Waals surface area (Å²) in [7, 11) is -1.86. The van der Waals surface area contributed by atoms with Crippen molar-refractivity contribution in [1.82, 2.24) is 9.55 Å². The number of aromatic nitrogens is 2. The Morgan fingerprint density at radius 1 is 0.959 bits per heavy atom. The first-order valence-corrected chi connectivity index (χ1v) is 16.6. The number of nitrogens with two attached hydrogens (primary N) is 1. The number of rotatable bonds is 12. The first-order valence-electron chi connectivity index (χ1n) is 15.1. The van der Waals surface area contributed by atoms with E-state index in [0.29, 0.717) is 0 Å². The SMILES string of the molecule is CCOc1ccn(-c2ccc(F)c(COP(OC(C)(C)C)OC(C)(C)C)c2)c(=O)c1C(=O)Nc1ccc(Oc2ccnc(N)c2Cl)c(F)c1. The van der Waals surface area contributed by atoms with Crippen LogP contribution in [0, 0.1) is 11.6 Å². The first-order chi connectivity index (χ1) is 23.0. The standard InChI is InChI=1S/C34H38ClF2N4O7P/c1-8-44-26-14-16-41(22-10-11-23(36)20(17-22)19-45-49(47-33(2,3)4)48-34(5,6)7)32(43)28(26)31(42)40-21-9-12-25(24(37)18-21)46-27-13-15-39-30(38)29(27)35/h9-18H,8,19H2,1-7H3,(H2,38,39)(H,40,42). The van der Waals surface area contributed by atoms with Gasteiger partial charge in [0.05, 0.1) is 24.4 Å². The van der Waals surface area contributed by atoms with Crippen LogP contribution in [0.4, 0.5) is 20.3 Å². The van der Waals surface area contributed by atoms with E-state index in [1.807, 2.05) is 41.5 Å². The van der Waals surface area contributed by atoms with Crippen LogP contribution in [0.25, 0.3) is 5.69 Å². The average molecular weight is 719 g/mol. The number of pyridine rings is 2. The smallest absolute Gasteiger partial charge is 0.334 e. The molecule has 15 heteroatoms. The number of anilines is 2. The molecule has 262 valence electrons. The molecule has 0 aliphatic carbocycles. The molecule has 4 aromatic rings. The van der Waals surface area contributed by atoms with Crippen molar-refractivity contribution in [2.75, 3.05) is 17.7 Å². The predicted octanol–water partition coefficient (Wildman–Crippen LogP) is 8.56. The Morgan fingerprint density at radius 2 is 1.65 bits per heavy atom. The maximum Gasteiger partial charge on any atom is 0.334 e. The molecule has 49 heavy (non-hydrogen) atoms. The van der Waals surface area contributed by atoms with Gasteiger partial charge in [-0.1, -0.05) is 11.6 Å². The molecular formula is C34H38ClF2N4O7P. The van der Waals surface area contributed by atoms with Crippen molar-refractivity contribution < 1.29 is 36.6 Å². The summed E-state index contributed by atoms with van der Waals surface area (Å²) in [6, 6.07) is 10.5. The van der Waals surface area contributed by atoms with Gasteiger partial charge < -0.3 is 34.1 Å². The number of carbonyl (C=O) groups is 1. The summed E-state index contributed by atoms with van der Waals surface area (Å²) in [6.45, 7) is 12.7. The van der Waals surface area contributed by atoms with Gasteiger partial charge in [-0.05, 0) is 84.9 Å². The normalized spacial score (nSPS) is 11.9. The molecular weight excluding hydrogens is 681 g/mol. The topological polar surface area (TPSA) is 136 Å². The zero-order valence-electron chi connectivity index (χ0n) is 28.1. The highest BCUT2D eigenvalue weighted by atomic mass is 35.5. The predicted molar refractivity (Wildman–Crippen MR) is 185 cm³/mol. The van der Waals surface area contributed by atoms with Crippen LogP contribution in [-0.4, -0.2) is 33.3 Å². The van der Waals surface area contributed by atoms with Crippen LogP contribution in [0.2, 0.25) is 5.02 Å². The van der Waals surface area contributed by atoms with Gasteiger partial charge in [0.15, 0.2) is 17.3 Å². The molecule has 1 amide bonds. The van der Waals surface area contributed by atoms with Crippen molar-refractivity contribution in [3.8, 4) is 22.9 Å². The molecule has 0 aliphatic heterocycles. The largest absolute Gasteiger partial charge is 0.493 e. The molecule has 4 rings (SSSR count). The van der Waals surface area contributed by atoms with Crippen molar-refractivity contribution in [3.63, 3.8) is 0 Å². The number of halogens is 3. The van der Waals surface area contributed by atoms with Crippen LogP contribution in [0.5, 0.6) is 17.2 Å². The number of nitrogens with one attached hydrogen (secondary N) is 1. The Bertz CT molecular complexity index is 1860. The second kappa shape index (κ2) is 15.6. The van der Waals surface area contributed by atoms with Gasteiger partial charge in [0, 0.05) is 41.5 Å². The molecule has 2 heterocycles. The van der Waals surface area contributed by atoms with E-state index in [9.17, 15) is 14.0 Å². The number of hydrogen-bond acceptors (Lipinski definition) is 9. The van der Waals surface area contributed by atoms with E-state index >= 15 is 4.39 Å². The molecule has 2 aromatic heterocycles. The van der Waals surface area contributed by atoms with E-state index in [1.54, 1.807) is 6.92 Å². The van der Waals surface area contributed by atoms with Crippen molar-refractivity contribution in [1.29, 1.82) is 0 Å². The molecule has 0 saturated heterocycles. The summed E-state index contributed by atoms with van der Waals surface area (Å²) in [5, 5.41) is 2.54. The minimum atomic E-state index is -1.86. The molecule has 0 spiro atoms. The Labute approximate surface area is 289 Å². The maximum absolute atomic E-state index is 15.0. The van der Waals surface area contributed by atoms with Crippen LogP contribution in [0.15, 0.2) is 65.7 Å². The second-order valence-electron chi connectivity index (χ2n) is 12.6. The Balaban J connectivity index is 1.60. The third-order valence-corrected chi connectivity index (χ3v) is 8.31. The number of benzene rings is 2. The van der Waals surface area contributed by atoms with Crippen molar-refractivity contribution in [2.24, 2.45) is 0 Å². The molecule has 2 aromatic carbocycles. The zero-order chi connectivity index (χ0) is 36.1. The molecule has 0 saturated carbocycles. The van der Waals surface area contributed by atoms with Gasteiger partial charge in [-0.15, -0.1) is 0 Å². The molecule has 0 aliphatic rings. The highest BCUT2D eigenvalue weighted by molar-refractivity contribution is 7.41. The Hall–Kier alpha value is -4.13. The van der Waals surface area contributed by atoms with E-state index in [1.165, 1.54) is 59.4 Å². The van der Waals surface area contributed by atoms with E-state index < -0.39 is 42.9 Å². The number of nitrogens with zero attached hydrogens (tertiary/aromatic N) is 2. The van der Waals surface area contributed by atoms with Crippen LogP contribution in [0.1, 0.15) is 64.4 Å². The fourth-order valence-electron chi connectivity index (χ4n) is 4.16. The van der Waals surface area contributed by atoms with Crippen LogP contribution < -0.4 is 26.1 Å². The molecule has 3 N–H and O–H groups in total. The fraction of sp³-hybridized carbons (Fsp3) is 0.324. The summed E-state index contributed by atoms with van der Waals surface area (Å²) in [4.78, 5) is 31.1. The van der Waals surface area contributed by atoms with E-state index in [-0.39, 0.29) is 63.8 Å². The monoisotopic (exact) mass is 718 g/mol. The highest BCUT2D eigenvalue weighted by Gasteiger charge is 2.28. The highest BCUT2D eigenvalue weighted by Crippen LogP contribution is 2.48. The number of hydrogen-bond donors (Lipinski definition) is 2. The third kappa shape index (κ3) is 10.2. The van der Waals surface area contributed by atoms with Gasteiger partial charge in [-0.3, -0.25) is 14.2 Å². The van der Waals surface area contributed by atoms with Gasteiger partial charge in [0.25, 0.3) is 11.5 Å². The van der Waals surface area contributed by atoms with E-state index in [2.05, 4.69) is 10.3 Å². The van der Waals surface area contributed by atoms with E-state index in [0.717, 1.165) is 6.07 Å². The minimum absolute atomic E-state index is 0.00145. The molecule has 0 fully saturated rings. The number of carbonyl (C=O) groups excluding carboxylic acids is 1. The lowest BCUT2D eigenvalue weighted by Crippen LogP contribution is -2.29. The fourth-order valence-corrected chi connectivity index (χ4v) is 5.60. The Kier molecular flexibility index (Phi) is 12.0. The quantitative estimate of drug-likeness (QED) is 0.138. The second-order valence-corrected chi connectivity index (χ2v) is 14.0. The van der Waals surface area contributed by atoms with Crippen molar-refractivity contribution in [2.45, 2.75) is 66.3 Å². The summed E-state index contributed by atoms with van der Waals surface area (Å²) in [6.07, 6.45) is 2.76. The molecule has 0 bridgehead atoms. The lowest BCUT2D eigenvalue weighted by Gasteiger charge is -2.30. The summed E-state index contributed by atoms with van der Waals surface area (Å²) in [5.74, 6) is -2.36. The van der Waals surface area contributed by atoms with Crippen molar-refractivity contribution in [3.05, 3.63) is 99.1 Å².